The van der Waals surface area contributed by atoms with E-state index >= 15 is 0 Å². The number of nitrogens with one attached hydrogen (secondary N) is 1. The topological polar surface area (TPSA) is 76.7 Å². The highest BCUT2D eigenvalue weighted by atomic mass is 79.9. The molecular weight excluding hydrogens is 310 g/mol. The van der Waals surface area contributed by atoms with Crippen LogP contribution in [0.5, 0.6) is 0 Å². The molecule has 2 rings (SSSR count). The van der Waals surface area contributed by atoms with Gasteiger partial charge in [0.2, 0.25) is 5.89 Å². The molecular formula is C12H16BrN5O. The van der Waals surface area contributed by atoms with Crippen LogP contribution < -0.4 is 5.32 Å². The molecule has 0 radical (unpaired) electrons. The standard InChI is InChI=1S/C12H16BrN5O/c1-12(2,3)11-17-8(13)6-9(18-11)14-5-4-10-15-7-16-19-10/h6-7H,4-5H2,1-3H3,(H,14,17,18). The Bertz CT molecular complexity index is 536. The van der Waals surface area contributed by atoms with Gasteiger partial charge in [0.25, 0.3) is 0 Å². The molecule has 0 aliphatic carbocycles. The lowest BCUT2D eigenvalue weighted by molar-refractivity contribution is 0.379. The fourth-order valence-electron chi connectivity index (χ4n) is 1.45. The summed E-state index contributed by atoms with van der Waals surface area (Å²) >= 11 is 3.40. The Morgan fingerprint density at radius 1 is 1.32 bits per heavy atom. The molecule has 2 aromatic rings. The third kappa shape index (κ3) is 3.99. The zero-order valence-electron chi connectivity index (χ0n) is 11.1. The number of anilines is 1. The first-order valence-electron chi connectivity index (χ1n) is 5.99. The van der Waals surface area contributed by atoms with Crippen molar-refractivity contribution in [1.82, 2.24) is 20.1 Å². The molecule has 6 nitrogen and oxygen atoms in total. The van der Waals surface area contributed by atoms with Gasteiger partial charge in [-0.15, -0.1) is 0 Å². The molecule has 0 saturated carbocycles. The lowest BCUT2D eigenvalue weighted by Crippen LogP contribution is -2.18. The van der Waals surface area contributed by atoms with Crippen molar-refractivity contribution in [2.75, 3.05) is 11.9 Å². The van der Waals surface area contributed by atoms with Gasteiger partial charge < -0.3 is 9.84 Å². The number of aromatic nitrogens is 4. The number of nitrogens with zero attached hydrogens (tertiary/aromatic N) is 4. The summed E-state index contributed by atoms with van der Waals surface area (Å²) in [6.07, 6.45) is 2.06. The second-order valence-corrected chi connectivity index (χ2v) is 5.97. The fourth-order valence-corrected chi connectivity index (χ4v) is 1.83. The molecule has 0 aliphatic rings. The van der Waals surface area contributed by atoms with Crippen LogP contribution in [-0.4, -0.2) is 26.7 Å². The highest BCUT2D eigenvalue weighted by molar-refractivity contribution is 9.10. The minimum atomic E-state index is -0.0906. The summed E-state index contributed by atoms with van der Waals surface area (Å²) in [4.78, 5) is 12.9. The van der Waals surface area contributed by atoms with Gasteiger partial charge in [-0.25, -0.2) is 9.97 Å². The Balaban J connectivity index is 2.02. The van der Waals surface area contributed by atoms with E-state index in [4.69, 9.17) is 4.52 Å². The van der Waals surface area contributed by atoms with Crippen molar-refractivity contribution in [2.45, 2.75) is 32.6 Å². The molecule has 0 atom stereocenters. The maximum atomic E-state index is 4.93. The maximum absolute atomic E-state index is 4.93. The van der Waals surface area contributed by atoms with Gasteiger partial charge >= 0.3 is 0 Å². The van der Waals surface area contributed by atoms with Crippen molar-refractivity contribution in [3.05, 3.63) is 28.7 Å². The number of hydrogen-bond donors (Lipinski definition) is 1. The van der Waals surface area contributed by atoms with E-state index in [0.717, 1.165) is 16.2 Å². The van der Waals surface area contributed by atoms with Crippen molar-refractivity contribution in [3.63, 3.8) is 0 Å². The van der Waals surface area contributed by atoms with Gasteiger partial charge in [0.15, 0.2) is 6.33 Å². The third-order valence-corrected chi connectivity index (χ3v) is 2.82. The first-order chi connectivity index (χ1) is 8.95. The summed E-state index contributed by atoms with van der Waals surface area (Å²) in [5.41, 5.74) is -0.0906. The summed E-state index contributed by atoms with van der Waals surface area (Å²) in [6.45, 7) is 6.92. The fraction of sp³-hybridized carbons (Fsp3) is 0.500. The van der Waals surface area contributed by atoms with Crippen LogP contribution in [0.3, 0.4) is 0 Å². The predicted molar refractivity (Wildman–Crippen MR) is 74.9 cm³/mol. The zero-order chi connectivity index (χ0) is 13.9. The van der Waals surface area contributed by atoms with Crippen LogP contribution >= 0.6 is 15.9 Å². The summed E-state index contributed by atoms with van der Waals surface area (Å²) in [5.74, 6) is 2.19. The third-order valence-electron chi connectivity index (χ3n) is 2.42. The minimum absolute atomic E-state index is 0.0906. The Labute approximate surface area is 120 Å². The summed E-state index contributed by atoms with van der Waals surface area (Å²) in [6, 6.07) is 1.85. The largest absolute Gasteiger partial charge is 0.369 e. The predicted octanol–water partition coefficient (Wildman–Crippen LogP) is 2.57. The average molecular weight is 326 g/mol. The summed E-state index contributed by atoms with van der Waals surface area (Å²) in [5, 5.41) is 6.79. The van der Waals surface area contributed by atoms with E-state index in [1.165, 1.54) is 6.33 Å². The van der Waals surface area contributed by atoms with E-state index in [9.17, 15) is 0 Å². The van der Waals surface area contributed by atoms with Gasteiger partial charge in [-0.2, -0.15) is 4.98 Å². The van der Waals surface area contributed by atoms with Gasteiger partial charge in [-0.05, 0) is 15.9 Å². The van der Waals surface area contributed by atoms with E-state index in [1.54, 1.807) is 0 Å². The molecule has 2 heterocycles. The van der Waals surface area contributed by atoms with Crippen LogP contribution in [0.15, 0.2) is 21.5 Å². The lowest BCUT2D eigenvalue weighted by Gasteiger charge is -2.17. The molecule has 7 heteroatoms. The second kappa shape index (κ2) is 5.64. The molecule has 0 saturated heterocycles. The van der Waals surface area contributed by atoms with Crippen LogP contribution in [0.25, 0.3) is 0 Å². The van der Waals surface area contributed by atoms with E-state index in [0.29, 0.717) is 18.9 Å². The van der Waals surface area contributed by atoms with Crippen LogP contribution in [-0.2, 0) is 11.8 Å². The second-order valence-electron chi connectivity index (χ2n) is 5.16. The maximum Gasteiger partial charge on any atom is 0.228 e. The van der Waals surface area contributed by atoms with Gasteiger partial charge in [0, 0.05) is 24.4 Å². The van der Waals surface area contributed by atoms with E-state index in [-0.39, 0.29) is 5.41 Å². The molecule has 0 spiro atoms. The molecule has 19 heavy (non-hydrogen) atoms. The monoisotopic (exact) mass is 325 g/mol. The summed E-state index contributed by atoms with van der Waals surface area (Å²) < 4.78 is 5.70. The molecule has 102 valence electrons. The highest BCUT2D eigenvalue weighted by Crippen LogP contribution is 2.22. The van der Waals surface area contributed by atoms with Crippen molar-refractivity contribution < 1.29 is 4.52 Å². The van der Waals surface area contributed by atoms with Crippen molar-refractivity contribution >= 4 is 21.7 Å². The molecule has 0 unspecified atom stereocenters. The van der Waals surface area contributed by atoms with Gasteiger partial charge in [0.05, 0.1) is 0 Å². The first kappa shape index (κ1) is 13.9. The van der Waals surface area contributed by atoms with E-state index in [2.05, 4.69) is 62.1 Å². The van der Waals surface area contributed by atoms with Gasteiger partial charge in [-0.1, -0.05) is 25.9 Å². The summed E-state index contributed by atoms with van der Waals surface area (Å²) in [7, 11) is 0. The van der Waals surface area contributed by atoms with Gasteiger partial charge in [-0.3, -0.25) is 0 Å². The molecule has 0 aliphatic heterocycles. The Morgan fingerprint density at radius 2 is 2.11 bits per heavy atom. The molecule has 0 aromatic carbocycles. The van der Waals surface area contributed by atoms with Crippen molar-refractivity contribution in [3.8, 4) is 0 Å². The SMILES string of the molecule is CC(C)(C)c1nc(Br)cc(NCCc2ncno2)n1. The Hall–Kier alpha value is -1.50. The number of hydrogen-bond acceptors (Lipinski definition) is 6. The van der Waals surface area contributed by atoms with Crippen molar-refractivity contribution in [2.24, 2.45) is 0 Å². The van der Waals surface area contributed by atoms with Crippen LogP contribution in [0.2, 0.25) is 0 Å². The first-order valence-corrected chi connectivity index (χ1v) is 6.79. The van der Waals surface area contributed by atoms with Crippen LogP contribution in [0.4, 0.5) is 5.82 Å². The molecule has 0 bridgehead atoms. The normalized spacial score (nSPS) is 11.6. The molecule has 2 aromatic heterocycles. The van der Waals surface area contributed by atoms with Crippen LogP contribution in [0.1, 0.15) is 32.5 Å². The van der Waals surface area contributed by atoms with Crippen LogP contribution in [0, 0.1) is 0 Å². The average Bonchev–Trinajstić information content (AvgIpc) is 2.80. The van der Waals surface area contributed by atoms with E-state index < -0.39 is 0 Å². The molecule has 0 amide bonds. The van der Waals surface area contributed by atoms with E-state index in [1.807, 2.05) is 6.07 Å². The molecule has 0 fully saturated rings. The quantitative estimate of drug-likeness (QED) is 0.870. The Morgan fingerprint density at radius 3 is 2.74 bits per heavy atom. The highest BCUT2D eigenvalue weighted by Gasteiger charge is 2.18. The van der Waals surface area contributed by atoms with Crippen molar-refractivity contribution in [1.29, 1.82) is 0 Å². The minimum Gasteiger partial charge on any atom is -0.369 e. The smallest absolute Gasteiger partial charge is 0.228 e. The molecule has 1 N–H and O–H groups in total. The van der Waals surface area contributed by atoms with Gasteiger partial charge in [0.1, 0.15) is 16.2 Å². The Kier molecular flexibility index (Phi) is 4.14. The number of halogens is 1. The number of rotatable bonds is 4. The zero-order valence-corrected chi connectivity index (χ0v) is 12.7. The lowest BCUT2D eigenvalue weighted by atomic mass is 9.96.